The van der Waals surface area contributed by atoms with E-state index in [1.165, 1.54) is 17.7 Å². The van der Waals surface area contributed by atoms with Gasteiger partial charge in [0, 0.05) is 5.02 Å². The number of halogens is 2. The van der Waals surface area contributed by atoms with Crippen LogP contribution in [-0.2, 0) is 4.74 Å². The molecule has 8 heteroatoms. The minimum absolute atomic E-state index is 0.189. The van der Waals surface area contributed by atoms with Crippen LogP contribution < -0.4 is 5.32 Å². The van der Waals surface area contributed by atoms with Crippen molar-refractivity contribution in [2.75, 3.05) is 5.32 Å². The first-order valence-electron chi connectivity index (χ1n) is 7.54. The van der Waals surface area contributed by atoms with Crippen LogP contribution in [0.5, 0.6) is 0 Å². The molecule has 0 saturated heterocycles. The molecule has 0 radical (unpaired) electrons. The molecule has 0 aliphatic carbocycles. The largest absolute Gasteiger partial charge is 0.459 e. The van der Waals surface area contributed by atoms with Gasteiger partial charge in [0.15, 0.2) is 0 Å². The molecule has 3 rings (SSSR count). The maximum absolute atomic E-state index is 12.3. The summed E-state index contributed by atoms with van der Waals surface area (Å²) < 4.78 is 5.30. The third-order valence-corrected chi connectivity index (χ3v) is 5.18. The first kappa shape index (κ1) is 17.9. The monoisotopic (exact) mass is 395 g/mol. The van der Waals surface area contributed by atoms with Gasteiger partial charge >= 0.3 is 5.97 Å². The Kier molecular flexibility index (Phi) is 5.13. The van der Waals surface area contributed by atoms with Crippen LogP contribution in [0.2, 0.25) is 10.0 Å². The molecule has 0 fully saturated rings. The second-order valence-electron chi connectivity index (χ2n) is 5.66. The van der Waals surface area contributed by atoms with Crippen molar-refractivity contribution < 1.29 is 9.53 Å². The lowest BCUT2D eigenvalue weighted by Crippen LogP contribution is -2.11. The maximum Gasteiger partial charge on any atom is 0.348 e. The van der Waals surface area contributed by atoms with Crippen molar-refractivity contribution in [2.45, 2.75) is 26.9 Å². The van der Waals surface area contributed by atoms with E-state index in [0.29, 0.717) is 31.3 Å². The number of carbonyl (C=O) groups is 1. The van der Waals surface area contributed by atoms with Crippen molar-refractivity contribution in [3.05, 3.63) is 45.0 Å². The molecule has 0 amide bonds. The first-order chi connectivity index (χ1) is 11.9. The van der Waals surface area contributed by atoms with Crippen LogP contribution in [0.15, 0.2) is 24.5 Å². The van der Waals surface area contributed by atoms with Gasteiger partial charge in [0.2, 0.25) is 0 Å². The van der Waals surface area contributed by atoms with Crippen LogP contribution in [0, 0.1) is 6.92 Å². The fourth-order valence-corrected chi connectivity index (χ4v) is 3.72. The van der Waals surface area contributed by atoms with Gasteiger partial charge in [0.1, 0.15) is 21.9 Å². The van der Waals surface area contributed by atoms with E-state index in [4.69, 9.17) is 27.9 Å². The molecule has 25 heavy (non-hydrogen) atoms. The number of anilines is 2. The predicted molar refractivity (Wildman–Crippen MR) is 102 cm³/mol. The van der Waals surface area contributed by atoms with E-state index < -0.39 is 0 Å². The van der Waals surface area contributed by atoms with Crippen molar-refractivity contribution in [3.63, 3.8) is 0 Å². The number of hydrogen-bond donors (Lipinski definition) is 1. The summed E-state index contributed by atoms with van der Waals surface area (Å²) in [7, 11) is 0. The minimum Gasteiger partial charge on any atom is -0.459 e. The highest BCUT2D eigenvalue weighted by molar-refractivity contribution is 7.20. The Labute approximate surface area is 159 Å². The van der Waals surface area contributed by atoms with Crippen LogP contribution in [0.1, 0.15) is 29.1 Å². The molecule has 5 nitrogen and oxygen atoms in total. The van der Waals surface area contributed by atoms with Gasteiger partial charge in [-0.2, -0.15) is 0 Å². The molecule has 1 N–H and O–H groups in total. The van der Waals surface area contributed by atoms with Gasteiger partial charge in [-0.25, -0.2) is 14.8 Å². The summed E-state index contributed by atoms with van der Waals surface area (Å²) in [5.74, 6) is 0.203. The molecular weight excluding hydrogens is 381 g/mol. The quantitative estimate of drug-likeness (QED) is 0.581. The van der Waals surface area contributed by atoms with Crippen molar-refractivity contribution in [2.24, 2.45) is 0 Å². The Morgan fingerprint density at radius 2 is 2.04 bits per heavy atom. The highest BCUT2D eigenvalue weighted by Crippen LogP contribution is 2.36. The van der Waals surface area contributed by atoms with Crippen LogP contribution in [0.3, 0.4) is 0 Å². The number of nitrogens with zero attached hydrogens (tertiary/aromatic N) is 2. The standard InChI is InChI=1S/C17H15Cl2N3O2S/c1-8(2)24-17(23)14-9(3)13-15(20-7-21-16(13)25-14)22-12-6-10(18)4-5-11(12)19/h4-8H,1-3H3,(H,20,21,22). The van der Waals surface area contributed by atoms with E-state index in [2.05, 4.69) is 15.3 Å². The van der Waals surface area contributed by atoms with E-state index in [1.54, 1.807) is 18.2 Å². The molecule has 0 unspecified atom stereocenters. The number of ether oxygens (including phenoxy) is 1. The fourth-order valence-electron chi connectivity index (χ4n) is 2.35. The van der Waals surface area contributed by atoms with Crippen LogP contribution in [-0.4, -0.2) is 22.0 Å². The number of aryl methyl sites for hydroxylation is 1. The van der Waals surface area contributed by atoms with Crippen molar-refractivity contribution in [1.82, 2.24) is 9.97 Å². The van der Waals surface area contributed by atoms with Gasteiger partial charge in [0.05, 0.1) is 22.2 Å². The minimum atomic E-state index is -0.359. The Morgan fingerprint density at radius 1 is 1.28 bits per heavy atom. The lowest BCUT2D eigenvalue weighted by molar-refractivity contribution is 0.0383. The molecular formula is C17H15Cl2N3O2S. The number of benzene rings is 1. The van der Waals surface area contributed by atoms with Crippen LogP contribution in [0.4, 0.5) is 11.5 Å². The SMILES string of the molecule is Cc1c(C(=O)OC(C)C)sc2ncnc(Nc3cc(Cl)ccc3Cl)c12. The zero-order valence-corrected chi connectivity index (χ0v) is 16.1. The summed E-state index contributed by atoms with van der Waals surface area (Å²) >= 11 is 13.5. The van der Waals surface area contributed by atoms with Gasteiger partial charge in [-0.05, 0) is 44.5 Å². The van der Waals surface area contributed by atoms with Gasteiger partial charge in [-0.1, -0.05) is 23.2 Å². The van der Waals surface area contributed by atoms with Gasteiger partial charge < -0.3 is 10.1 Å². The molecule has 130 valence electrons. The number of aromatic nitrogens is 2. The van der Waals surface area contributed by atoms with E-state index in [0.717, 1.165) is 10.9 Å². The molecule has 0 spiro atoms. The smallest absolute Gasteiger partial charge is 0.348 e. The lowest BCUT2D eigenvalue weighted by Gasteiger charge is -2.10. The molecule has 0 aliphatic heterocycles. The summed E-state index contributed by atoms with van der Waals surface area (Å²) in [6.45, 7) is 5.48. The van der Waals surface area contributed by atoms with Gasteiger partial charge in [0.25, 0.3) is 0 Å². The summed E-state index contributed by atoms with van der Waals surface area (Å²) in [5, 5.41) is 5.01. The molecule has 3 aromatic rings. The summed E-state index contributed by atoms with van der Waals surface area (Å²) in [4.78, 5) is 22.1. The van der Waals surface area contributed by atoms with Crippen LogP contribution in [0.25, 0.3) is 10.2 Å². The normalized spacial score (nSPS) is 11.1. The third kappa shape index (κ3) is 3.71. The van der Waals surface area contributed by atoms with Crippen LogP contribution >= 0.6 is 34.5 Å². The Balaban J connectivity index is 2.06. The summed E-state index contributed by atoms with van der Waals surface area (Å²) in [6.07, 6.45) is 1.25. The second kappa shape index (κ2) is 7.15. The topological polar surface area (TPSA) is 64.1 Å². The highest BCUT2D eigenvalue weighted by atomic mass is 35.5. The van der Waals surface area contributed by atoms with Gasteiger partial charge in [-0.3, -0.25) is 0 Å². The lowest BCUT2D eigenvalue weighted by atomic mass is 10.2. The average molecular weight is 396 g/mol. The molecule has 0 bridgehead atoms. The highest BCUT2D eigenvalue weighted by Gasteiger charge is 2.21. The van der Waals surface area contributed by atoms with Crippen molar-refractivity contribution in [3.8, 4) is 0 Å². The Morgan fingerprint density at radius 3 is 2.76 bits per heavy atom. The van der Waals surface area contributed by atoms with Crippen molar-refractivity contribution in [1.29, 1.82) is 0 Å². The van der Waals surface area contributed by atoms with Gasteiger partial charge in [-0.15, -0.1) is 11.3 Å². The van der Waals surface area contributed by atoms with E-state index >= 15 is 0 Å². The number of carbonyl (C=O) groups excluding carboxylic acids is 1. The number of thiophene rings is 1. The molecule has 0 aliphatic rings. The average Bonchev–Trinajstić information content (AvgIpc) is 2.88. The van der Waals surface area contributed by atoms with E-state index in [-0.39, 0.29) is 12.1 Å². The Bertz CT molecular complexity index is 956. The second-order valence-corrected chi connectivity index (χ2v) is 7.50. The molecule has 1 aromatic carbocycles. The third-order valence-electron chi connectivity index (χ3n) is 3.44. The summed E-state index contributed by atoms with van der Waals surface area (Å²) in [5.41, 5.74) is 1.40. The molecule has 2 aromatic heterocycles. The molecule has 0 saturated carbocycles. The first-order valence-corrected chi connectivity index (χ1v) is 9.11. The fraction of sp³-hybridized carbons (Fsp3) is 0.235. The zero-order valence-electron chi connectivity index (χ0n) is 13.8. The van der Waals surface area contributed by atoms with E-state index in [9.17, 15) is 4.79 Å². The predicted octanol–water partition coefficient (Wildman–Crippen LogP) is 5.62. The number of hydrogen-bond acceptors (Lipinski definition) is 6. The number of rotatable bonds is 4. The van der Waals surface area contributed by atoms with Crippen molar-refractivity contribution >= 4 is 62.2 Å². The molecule has 2 heterocycles. The number of esters is 1. The van der Waals surface area contributed by atoms with E-state index in [1.807, 2.05) is 20.8 Å². The Hall–Kier alpha value is -1.89. The zero-order chi connectivity index (χ0) is 18.1. The summed E-state index contributed by atoms with van der Waals surface area (Å²) in [6, 6.07) is 5.13. The maximum atomic E-state index is 12.3. The number of fused-ring (bicyclic) bond motifs is 1. The number of nitrogens with one attached hydrogen (secondary N) is 1. The molecule has 0 atom stereocenters.